The van der Waals surface area contributed by atoms with Crippen molar-refractivity contribution in [3.05, 3.63) is 0 Å². The Balaban J connectivity index is 2.22. The zero-order chi connectivity index (χ0) is 11.4. The van der Waals surface area contributed by atoms with Crippen LogP contribution in [-0.4, -0.2) is 24.4 Å². The van der Waals surface area contributed by atoms with E-state index < -0.39 is 5.51 Å². The topological polar surface area (TPSA) is 12.0 Å². The second-order valence-corrected chi connectivity index (χ2v) is 5.34. The van der Waals surface area contributed by atoms with Crippen molar-refractivity contribution in [1.82, 2.24) is 5.32 Å². The van der Waals surface area contributed by atoms with Gasteiger partial charge in [0.2, 0.25) is 0 Å². The van der Waals surface area contributed by atoms with Crippen LogP contribution in [0, 0.1) is 5.41 Å². The summed E-state index contributed by atoms with van der Waals surface area (Å²) in [5.41, 5.74) is -3.91. The van der Waals surface area contributed by atoms with Gasteiger partial charge in [0.25, 0.3) is 0 Å². The van der Waals surface area contributed by atoms with Crippen LogP contribution in [-0.2, 0) is 0 Å². The quantitative estimate of drug-likeness (QED) is 0.764. The van der Waals surface area contributed by atoms with Crippen LogP contribution in [0.15, 0.2) is 0 Å². The Labute approximate surface area is 93.2 Å². The molecule has 1 aliphatic rings. The highest BCUT2D eigenvalue weighted by Crippen LogP contribution is 2.45. The standard InChI is InChI=1S/C10H18F3NS/c1-2-14-8-9(4-3-5-9)6-7-15-10(11,12)13/h14H,2-8H2,1H3. The van der Waals surface area contributed by atoms with Crippen LogP contribution < -0.4 is 5.32 Å². The minimum Gasteiger partial charge on any atom is -0.316 e. The molecular weight excluding hydrogens is 223 g/mol. The van der Waals surface area contributed by atoms with Gasteiger partial charge < -0.3 is 5.32 Å². The molecule has 1 nitrogen and oxygen atoms in total. The van der Waals surface area contributed by atoms with Crippen molar-refractivity contribution >= 4 is 11.8 Å². The minimum absolute atomic E-state index is 0.115. The molecule has 90 valence electrons. The molecule has 1 N–H and O–H groups in total. The average molecular weight is 241 g/mol. The van der Waals surface area contributed by atoms with Crippen molar-refractivity contribution < 1.29 is 13.2 Å². The summed E-state index contributed by atoms with van der Waals surface area (Å²) in [5, 5.41) is 3.25. The lowest BCUT2D eigenvalue weighted by molar-refractivity contribution is -0.0330. The lowest BCUT2D eigenvalue weighted by Gasteiger charge is -2.42. The Hall–Kier alpha value is 0.100. The number of rotatable bonds is 6. The normalized spacial score (nSPS) is 20.0. The molecule has 0 bridgehead atoms. The summed E-state index contributed by atoms with van der Waals surface area (Å²) in [7, 11) is 0. The molecule has 0 atom stereocenters. The zero-order valence-electron chi connectivity index (χ0n) is 8.99. The predicted octanol–water partition coefficient (Wildman–Crippen LogP) is 3.41. The highest BCUT2D eigenvalue weighted by atomic mass is 32.2. The van der Waals surface area contributed by atoms with Crippen LogP contribution in [0.1, 0.15) is 32.6 Å². The zero-order valence-corrected chi connectivity index (χ0v) is 9.81. The maximum atomic E-state index is 12.0. The van der Waals surface area contributed by atoms with Gasteiger partial charge in [0.1, 0.15) is 0 Å². The minimum atomic E-state index is -4.07. The first-order valence-electron chi connectivity index (χ1n) is 5.39. The molecule has 0 aromatic heterocycles. The fourth-order valence-electron chi connectivity index (χ4n) is 1.97. The van der Waals surface area contributed by atoms with Gasteiger partial charge in [0.15, 0.2) is 0 Å². The molecule has 0 amide bonds. The molecule has 0 aromatic carbocycles. The Kier molecular flexibility index (Phi) is 4.77. The van der Waals surface area contributed by atoms with E-state index in [1.165, 1.54) is 6.42 Å². The van der Waals surface area contributed by atoms with Crippen LogP contribution in [0.3, 0.4) is 0 Å². The summed E-state index contributed by atoms with van der Waals surface area (Å²) in [6.45, 7) is 3.80. The van der Waals surface area contributed by atoms with Crippen LogP contribution >= 0.6 is 11.8 Å². The largest absolute Gasteiger partial charge is 0.441 e. The van der Waals surface area contributed by atoms with Crippen molar-refractivity contribution in [2.45, 2.75) is 38.1 Å². The van der Waals surface area contributed by atoms with E-state index in [0.29, 0.717) is 6.42 Å². The summed E-state index contributed by atoms with van der Waals surface area (Å²) in [6.07, 6.45) is 4.02. The number of hydrogen-bond donors (Lipinski definition) is 1. The number of hydrogen-bond acceptors (Lipinski definition) is 2. The number of halogens is 3. The molecule has 0 spiro atoms. The second kappa shape index (κ2) is 5.43. The van der Waals surface area contributed by atoms with Gasteiger partial charge in [-0.05, 0) is 31.2 Å². The van der Waals surface area contributed by atoms with Gasteiger partial charge >= 0.3 is 5.51 Å². The third kappa shape index (κ3) is 4.64. The first kappa shape index (κ1) is 13.2. The van der Waals surface area contributed by atoms with Crippen molar-refractivity contribution in [3.8, 4) is 0 Å². The molecule has 1 aliphatic carbocycles. The Bertz CT molecular complexity index is 190. The monoisotopic (exact) mass is 241 g/mol. The van der Waals surface area contributed by atoms with E-state index in [1.54, 1.807) is 0 Å². The van der Waals surface area contributed by atoms with Gasteiger partial charge in [0, 0.05) is 12.3 Å². The summed E-state index contributed by atoms with van der Waals surface area (Å²) < 4.78 is 35.9. The molecule has 0 saturated heterocycles. The van der Waals surface area contributed by atoms with E-state index in [-0.39, 0.29) is 22.9 Å². The summed E-state index contributed by atoms with van der Waals surface area (Å²) in [6, 6.07) is 0. The van der Waals surface area contributed by atoms with Gasteiger partial charge in [-0.2, -0.15) is 13.2 Å². The lowest BCUT2D eigenvalue weighted by Crippen LogP contribution is -2.40. The fourth-order valence-corrected chi connectivity index (χ4v) is 2.73. The molecule has 0 aliphatic heterocycles. The lowest BCUT2D eigenvalue weighted by atomic mass is 9.67. The third-order valence-corrected chi connectivity index (χ3v) is 3.80. The van der Waals surface area contributed by atoms with Gasteiger partial charge in [-0.15, -0.1) is 0 Å². The first-order chi connectivity index (χ1) is 6.97. The van der Waals surface area contributed by atoms with Crippen molar-refractivity contribution in [2.75, 3.05) is 18.8 Å². The van der Waals surface area contributed by atoms with E-state index in [0.717, 1.165) is 25.9 Å². The molecule has 1 rings (SSSR count). The van der Waals surface area contributed by atoms with Gasteiger partial charge in [-0.25, -0.2) is 0 Å². The van der Waals surface area contributed by atoms with Crippen molar-refractivity contribution in [1.29, 1.82) is 0 Å². The maximum Gasteiger partial charge on any atom is 0.441 e. The third-order valence-electron chi connectivity index (χ3n) is 3.06. The molecular formula is C10H18F3NS. The van der Waals surface area contributed by atoms with Crippen LogP contribution in [0.5, 0.6) is 0 Å². The molecule has 0 heterocycles. The van der Waals surface area contributed by atoms with Crippen LogP contribution in [0.25, 0.3) is 0 Å². The Morgan fingerprint density at radius 2 is 2.00 bits per heavy atom. The summed E-state index contributed by atoms with van der Waals surface area (Å²) >= 11 is 0.115. The second-order valence-electron chi connectivity index (χ2n) is 4.18. The predicted molar refractivity (Wildman–Crippen MR) is 58.0 cm³/mol. The number of nitrogens with one attached hydrogen (secondary N) is 1. The van der Waals surface area contributed by atoms with E-state index in [4.69, 9.17) is 0 Å². The smallest absolute Gasteiger partial charge is 0.316 e. The highest BCUT2D eigenvalue weighted by Gasteiger charge is 2.37. The summed E-state index contributed by atoms with van der Waals surface area (Å²) in [5.74, 6) is 0.203. The molecule has 0 unspecified atom stereocenters. The molecule has 1 saturated carbocycles. The molecule has 0 aromatic rings. The fraction of sp³-hybridized carbons (Fsp3) is 1.00. The van der Waals surface area contributed by atoms with E-state index >= 15 is 0 Å². The van der Waals surface area contributed by atoms with Gasteiger partial charge in [-0.1, -0.05) is 25.1 Å². The van der Waals surface area contributed by atoms with Crippen LogP contribution in [0.4, 0.5) is 13.2 Å². The SMILES string of the molecule is CCNCC1(CCSC(F)(F)F)CCC1. The van der Waals surface area contributed by atoms with Crippen molar-refractivity contribution in [3.63, 3.8) is 0 Å². The van der Waals surface area contributed by atoms with Gasteiger partial charge in [-0.3, -0.25) is 0 Å². The Morgan fingerprint density at radius 3 is 2.40 bits per heavy atom. The van der Waals surface area contributed by atoms with Crippen molar-refractivity contribution in [2.24, 2.45) is 5.41 Å². The Morgan fingerprint density at radius 1 is 1.33 bits per heavy atom. The molecule has 5 heteroatoms. The highest BCUT2D eigenvalue weighted by molar-refractivity contribution is 8.00. The first-order valence-corrected chi connectivity index (χ1v) is 6.37. The molecule has 0 radical (unpaired) electrons. The van der Waals surface area contributed by atoms with Gasteiger partial charge in [0.05, 0.1) is 0 Å². The molecule has 15 heavy (non-hydrogen) atoms. The van der Waals surface area contributed by atoms with E-state index in [9.17, 15) is 13.2 Å². The van der Waals surface area contributed by atoms with E-state index in [2.05, 4.69) is 5.32 Å². The number of thioether (sulfide) groups is 1. The number of alkyl halides is 3. The van der Waals surface area contributed by atoms with E-state index in [1.807, 2.05) is 6.92 Å². The average Bonchev–Trinajstić information content (AvgIpc) is 2.06. The van der Waals surface area contributed by atoms with Crippen LogP contribution in [0.2, 0.25) is 0 Å². The maximum absolute atomic E-state index is 12.0. The molecule has 1 fully saturated rings. The summed E-state index contributed by atoms with van der Waals surface area (Å²) in [4.78, 5) is 0.